The zero-order chi connectivity index (χ0) is 33.3. The molecule has 0 unspecified atom stereocenters. The van der Waals surface area contributed by atoms with Gasteiger partial charge in [0.2, 0.25) is 0 Å². The van der Waals surface area contributed by atoms with Gasteiger partial charge in [0.25, 0.3) is 0 Å². The first-order valence-corrected chi connectivity index (χ1v) is 17.0. The number of rotatable bonds is 7. The van der Waals surface area contributed by atoms with E-state index in [-0.39, 0.29) is 0 Å². The molecule has 0 saturated heterocycles. The first-order valence-electron chi connectivity index (χ1n) is 17.0. The third-order valence-corrected chi connectivity index (χ3v) is 9.49. The van der Waals surface area contributed by atoms with E-state index in [1.165, 1.54) is 44.2 Å². The van der Waals surface area contributed by atoms with Crippen molar-refractivity contribution < 1.29 is 4.42 Å². The van der Waals surface area contributed by atoms with Gasteiger partial charge in [-0.1, -0.05) is 152 Å². The van der Waals surface area contributed by atoms with Gasteiger partial charge in [-0.25, -0.2) is 0 Å². The Bertz CT molecular complexity index is 2540. The van der Waals surface area contributed by atoms with Crippen LogP contribution in [-0.2, 0) is 0 Å². The summed E-state index contributed by atoms with van der Waals surface area (Å²) in [5.74, 6) is 0.854. The average Bonchev–Trinajstić information content (AvgIpc) is 3.64. The van der Waals surface area contributed by atoms with Crippen molar-refractivity contribution in [3.63, 3.8) is 0 Å². The van der Waals surface area contributed by atoms with Crippen molar-refractivity contribution in [3.8, 4) is 44.7 Å². The Morgan fingerprint density at radius 1 is 0.320 bits per heavy atom. The fourth-order valence-electron chi connectivity index (χ4n) is 7.03. The van der Waals surface area contributed by atoms with E-state index in [1.54, 1.807) is 0 Å². The molecule has 0 aliphatic rings. The van der Waals surface area contributed by atoms with Crippen LogP contribution < -0.4 is 4.90 Å². The SMILES string of the molecule is c1ccc(-c2ccccc2-c2ccc(N(c3ccc(-c4cccc5ccccc45)cc3)c3cccc(-c4cc5ccccc5o4)c3)cc2)cc1. The highest BCUT2D eigenvalue weighted by Gasteiger charge is 2.16. The molecule has 0 radical (unpaired) electrons. The van der Waals surface area contributed by atoms with Crippen molar-refractivity contribution in [2.75, 3.05) is 4.90 Å². The second-order valence-electron chi connectivity index (χ2n) is 12.6. The first kappa shape index (κ1) is 29.5. The third-order valence-electron chi connectivity index (χ3n) is 9.49. The predicted octanol–water partition coefficient (Wildman–Crippen LogP) is 13.7. The molecule has 9 aromatic rings. The highest BCUT2D eigenvalue weighted by Crippen LogP contribution is 2.40. The summed E-state index contributed by atoms with van der Waals surface area (Å²) >= 11 is 0. The van der Waals surface area contributed by atoms with Crippen LogP contribution in [0.3, 0.4) is 0 Å². The third kappa shape index (κ3) is 5.53. The van der Waals surface area contributed by atoms with Crippen LogP contribution in [0.2, 0.25) is 0 Å². The molecule has 2 heteroatoms. The van der Waals surface area contributed by atoms with Crippen LogP contribution in [-0.4, -0.2) is 0 Å². The molecule has 1 heterocycles. The van der Waals surface area contributed by atoms with Crippen LogP contribution in [0.1, 0.15) is 0 Å². The lowest BCUT2D eigenvalue weighted by atomic mass is 9.94. The molecule has 0 saturated carbocycles. The van der Waals surface area contributed by atoms with E-state index < -0.39 is 0 Å². The standard InChI is InChI=1S/C48H33NO/c1-2-12-34(13-3-1)43-20-7-8-21-45(43)36-24-28-40(29-25-36)49(42-18-10-17-38(32-42)48-33-39-15-5-9-23-47(39)50-48)41-30-26-37(27-31-41)46-22-11-16-35-14-4-6-19-44(35)46/h1-33H. The molecule has 236 valence electrons. The quantitative estimate of drug-likeness (QED) is 0.173. The van der Waals surface area contributed by atoms with Crippen LogP contribution in [0, 0.1) is 0 Å². The highest BCUT2D eigenvalue weighted by atomic mass is 16.3. The summed E-state index contributed by atoms with van der Waals surface area (Å²) in [4.78, 5) is 2.33. The Balaban J connectivity index is 1.14. The number of anilines is 3. The fourth-order valence-corrected chi connectivity index (χ4v) is 7.03. The molecule has 0 N–H and O–H groups in total. The number of para-hydroxylation sites is 1. The summed E-state index contributed by atoms with van der Waals surface area (Å²) in [7, 11) is 0. The van der Waals surface area contributed by atoms with Crippen LogP contribution >= 0.6 is 0 Å². The Morgan fingerprint density at radius 3 is 1.56 bits per heavy atom. The second-order valence-corrected chi connectivity index (χ2v) is 12.6. The average molecular weight is 640 g/mol. The summed E-state index contributed by atoms with van der Waals surface area (Å²) in [6.07, 6.45) is 0. The Morgan fingerprint density at radius 2 is 0.840 bits per heavy atom. The topological polar surface area (TPSA) is 16.4 Å². The summed E-state index contributed by atoms with van der Waals surface area (Å²) in [5.41, 5.74) is 12.4. The van der Waals surface area contributed by atoms with Crippen molar-refractivity contribution in [2.45, 2.75) is 0 Å². The van der Waals surface area contributed by atoms with E-state index in [0.29, 0.717) is 0 Å². The number of nitrogens with zero attached hydrogens (tertiary/aromatic N) is 1. The molecule has 0 spiro atoms. The summed E-state index contributed by atoms with van der Waals surface area (Å²) in [5, 5.41) is 3.59. The van der Waals surface area contributed by atoms with Crippen LogP contribution in [0.5, 0.6) is 0 Å². The van der Waals surface area contributed by atoms with Gasteiger partial charge < -0.3 is 9.32 Å². The maximum atomic E-state index is 6.29. The second kappa shape index (κ2) is 12.8. The minimum atomic E-state index is 0.854. The Hall–Kier alpha value is -6.64. The molecular formula is C48H33NO. The molecule has 0 aliphatic heterocycles. The van der Waals surface area contributed by atoms with Gasteiger partial charge in [0.1, 0.15) is 11.3 Å². The molecule has 0 aliphatic carbocycles. The van der Waals surface area contributed by atoms with Gasteiger partial charge in [-0.3, -0.25) is 0 Å². The van der Waals surface area contributed by atoms with Gasteiger partial charge >= 0.3 is 0 Å². The number of hydrogen-bond acceptors (Lipinski definition) is 2. The lowest BCUT2D eigenvalue weighted by Gasteiger charge is -2.26. The molecule has 8 aromatic carbocycles. The van der Waals surface area contributed by atoms with Crippen LogP contribution in [0.4, 0.5) is 17.1 Å². The molecular weight excluding hydrogens is 607 g/mol. The van der Waals surface area contributed by atoms with E-state index in [1.807, 2.05) is 18.2 Å². The van der Waals surface area contributed by atoms with E-state index in [9.17, 15) is 0 Å². The summed E-state index contributed by atoms with van der Waals surface area (Å²) in [6, 6.07) is 71.1. The highest BCUT2D eigenvalue weighted by molar-refractivity contribution is 5.97. The van der Waals surface area contributed by atoms with E-state index >= 15 is 0 Å². The molecule has 0 amide bonds. The number of fused-ring (bicyclic) bond motifs is 2. The predicted molar refractivity (Wildman–Crippen MR) is 210 cm³/mol. The molecule has 1 aromatic heterocycles. The molecule has 0 atom stereocenters. The van der Waals surface area contributed by atoms with Gasteiger partial charge in [0.15, 0.2) is 0 Å². The lowest BCUT2D eigenvalue weighted by Crippen LogP contribution is -2.10. The van der Waals surface area contributed by atoms with E-state index in [4.69, 9.17) is 4.42 Å². The van der Waals surface area contributed by atoms with Crippen LogP contribution in [0.15, 0.2) is 205 Å². The van der Waals surface area contributed by atoms with Crippen molar-refractivity contribution in [1.29, 1.82) is 0 Å². The number of hydrogen-bond donors (Lipinski definition) is 0. The van der Waals surface area contributed by atoms with Crippen molar-refractivity contribution in [3.05, 3.63) is 200 Å². The fraction of sp³-hybridized carbons (Fsp3) is 0. The maximum absolute atomic E-state index is 6.29. The molecule has 50 heavy (non-hydrogen) atoms. The van der Waals surface area contributed by atoms with Crippen LogP contribution in [0.25, 0.3) is 66.4 Å². The zero-order valence-electron chi connectivity index (χ0n) is 27.4. The molecule has 9 rings (SSSR count). The number of benzene rings is 8. The normalized spacial score (nSPS) is 11.2. The monoisotopic (exact) mass is 639 g/mol. The van der Waals surface area contributed by atoms with E-state index in [0.717, 1.165) is 39.4 Å². The molecule has 0 bridgehead atoms. The maximum Gasteiger partial charge on any atom is 0.135 e. The zero-order valence-corrected chi connectivity index (χ0v) is 27.4. The molecule has 2 nitrogen and oxygen atoms in total. The van der Waals surface area contributed by atoms with Crippen molar-refractivity contribution in [2.24, 2.45) is 0 Å². The number of furan rings is 1. The summed E-state index contributed by atoms with van der Waals surface area (Å²) < 4.78 is 6.29. The largest absolute Gasteiger partial charge is 0.456 e. The smallest absolute Gasteiger partial charge is 0.135 e. The van der Waals surface area contributed by atoms with Gasteiger partial charge in [0, 0.05) is 28.0 Å². The first-order chi connectivity index (χ1) is 24.8. The molecule has 0 fully saturated rings. The Kier molecular flexibility index (Phi) is 7.53. The Labute approximate surface area is 292 Å². The minimum absolute atomic E-state index is 0.854. The van der Waals surface area contributed by atoms with Crippen molar-refractivity contribution in [1.82, 2.24) is 0 Å². The van der Waals surface area contributed by atoms with Gasteiger partial charge in [-0.15, -0.1) is 0 Å². The summed E-state index contributed by atoms with van der Waals surface area (Å²) in [6.45, 7) is 0. The minimum Gasteiger partial charge on any atom is -0.456 e. The van der Waals surface area contributed by atoms with Gasteiger partial charge in [-0.2, -0.15) is 0 Å². The van der Waals surface area contributed by atoms with Crippen molar-refractivity contribution >= 4 is 38.8 Å². The lowest BCUT2D eigenvalue weighted by molar-refractivity contribution is 0.631. The van der Waals surface area contributed by atoms with Gasteiger partial charge in [0.05, 0.1) is 0 Å². The van der Waals surface area contributed by atoms with Gasteiger partial charge in [-0.05, 0) is 92.7 Å². The van der Waals surface area contributed by atoms with E-state index in [2.05, 4.69) is 187 Å².